The summed E-state index contributed by atoms with van der Waals surface area (Å²) in [6.07, 6.45) is 0.761. The van der Waals surface area contributed by atoms with Crippen LogP contribution in [-0.4, -0.2) is 53.4 Å². The molecule has 0 spiro atoms. The number of piperazine rings is 1. The number of fused-ring (bicyclic) bond motifs is 1. The topological polar surface area (TPSA) is 58.4 Å². The van der Waals surface area contributed by atoms with Gasteiger partial charge in [0.1, 0.15) is 5.82 Å². The molecule has 0 amide bonds. The molecule has 3 aromatic carbocycles. The minimum atomic E-state index is -3.48. The van der Waals surface area contributed by atoms with Gasteiger partial charge in [-0.15, -0.1) is 0 Å². The Labute approximate surface area is 201 Å². The van der Waals surface area contributed by atoms with E-state index in [1.165, 1.54) is 5.56 Å². The summed E-state index contributed by atoms with van der Waals surface area (Å²) in [5.41, 5.74) is 5.42. The van der Waals surface area contributed by atoms with Gasteiger partial charge >= 0.3 is 0 Å². The molecule has 4 aromatic rings. The lowest BCUT2D eigenvalue weighted by atomic mass is 10.1. The highest BCUT2D eigenvalue weighted by atomic mass is 32.2. The lowest BCUT2D eigenvalue weighted by Gasteiger charge is -2.34. The largest absolute Gasteiger partial charge is 0.314 e. The molecule has 0 radical (unpaired) electrons. The fraction of sp³-hybridized carbons (Fsp3) is 0.296. The zero-order valence-corrected chi connectivity index (χ0v) is 20.5. The van der Waals surface area contributed by atoms with Gasteiger partial charge in [-0.05, 0) is 54.8 Å². The molecule has 176 valence electrons. The molecule has 0 unspecified atom stereocenters. The third-order valence-corrected chi connectivity index (χ3v) is 8.62. The van der Waals surface area contributed by atoms with Gasteiger partial charge in [-0.3, -0.25) is 4.90 Å². The van der Waals surface area contributed by atoms with Crippen LogP contribution in [0.3, 0.4) is 0 Å². The van der Waals surface area contributed by atoms with E-state index in [2.05, 4.69) is 45.9 Å². The molecular weight excluding hydrogens is 444 g/mol. The average Bonchev–Trinajstić information content (AvgIpc) is 3.18. The number of hydrogen-bond donors (Lipinski definition) is 0. The van der Waals surface area contributed by atoms with Crippen LogP contribution in [0, 0.1) is 13.8 Å². The normalized spacial score (nSPS) is 15.7. The monoisotopic (exact) mass is 474 g/mol. The minimum Gasteiger partial charge on any atom is -0.314 e. The summed E-state index contributed by atoms with van der Waals surface area (Å²) in [6, 6.07) is 24.0. The second-order valence-corrected chi connectivity index (χ2v) is 11.0. The molecule has 34 heavy (non-hydrogen) atoms. The predicted octanol–water partition coefficient (Wildman–Crippen LogP) is 4.21. The summed E-state index contributed by atoms with van der Waals surface area (Å²) in [7, 11) is -3.48. The molecule has 2 heterocycles. The molecule has 6 nitrogen and oxygen atoms in total. The van der Waals surface area contributed by atoms with Gasteiger partial charge in [0.25, 0.3) is 0 Å². The van der Waals surface area contributed by atoms with E-state index in [-0.39, 0.29) is 0 Å². The number of sulfonamides is 1. The molecule has 1 aromatic heterocycles. The smallest absolute Gasteiger partial charge is 0.243 e. The van der Waals surface area contributed by atoms with Crippen LogP contribution in [0.2, 0.25) is 0 Å². The molecular formula is C27H30N4O2S. The van der Waals surface area contributed by atoms with Crippen LogP contribution in [0.15, 0.2) is 77.7 Å². The van der Waals surface area contributed by atoms with Crippen LogP contribution >= 0.6 is 0 Å². The van der Waals surface area contributed by atoms with Gasteiger partial charge in [0.05, 0.1) is 22.6 Å². The summed E-state index contributed by atoms with van der Waals surface area (Å²) in [4.78, 5) is 7.61. The first kappa shape index (κ1) is 22.8. The van der Waals surface area contributed by atoms with Crippen molar-refractivity contribution >= 4 is 21.1 Å². The van der Waals surface area contributed by atoms with Gasteiger partial charge in [-0.2, -0.15) is 4.31 Å². The van der Waals surface area contributed by atoms with E-state index in [0.717, 1.165) is 34.4 Å². The maximum atomic E-state index is 13.2. The number of para-hydroxylation sites is 2. The van der Waals surface area contributed by atoms with Crippen LogP contribution in [0.4, 0.5) is 0 Å². The van der Waals surface area contributed by atoms with Crippen LogP contribution in [0.1, 0.15) is 22.5 Å². The van der Waals surface area contributed by atoms with Crippen LogP contribution in [0.25, 0.3) is 11.0 Å². The maximum Gasteiger partial charge on any atom is 0.243 e. The Morgan fingerprint density at radius 2 is 1.53 bits per heavy atom. The Bertz CT molecular complexity index is 1410. The fourth-order valence-electron chi connectivity index (χ4n) is 4.53. The Balaban J connectivity index is 1.33. The lowest BCUT2D eigenvalue weighted by Crippen LogP contribution is -2.48. The van der Waals surface area contributed by atoms with Gasteiger partial charge < -0.3 is 4.57 Å². The number of imidazole rings is 1. The summed E-state index contributed by atoms with van der Waals surface area (Å²) >= 11 is 0. The van der Waals surface area contributed by atoms with Crippen molar-refractivity contribution in [3.05, 3.63) is 95.3 Å². The third kappa shape index (κ3) is 4.51. The summed E-state index contributed by atoms with van der Waals surface area (Å²) < 4.78 is 30.3. The molecule has 0 aliphatic carbocycles. The van der Waals surface area contributed by atoms with E-state index in [1.54, 1.807) is 16.4 Å². The maximum absolute atomic E-state index is 13.2. The van der Waals surface area contributed by atoms with Crippen molar-refractivity contribution in [2.45, 2.75) is 31.8 Å². The SMILES string of the molecule is Cc1ccc(S(=O)(=O)N2CCN(Cn3c(Cc4ccccc4)nc4ccccc43)CC2)cc1C. The van der Waals surface area contributed by atoms with Gasteiger partial charge in [0.15, 0.2) is 0 Å². The number of aromatic nitrogens is 2. The number of rotatable bonds is 6. The predicted molar refractivity (Wildman–Crippen MR) is 135 cm³/mol. The highest BCUT2D eigenvalue weighted by Gasteiger charge is 2.29. The second-order valence-electron chi connectivity index (χ2n) is 9.02. The van der Waals surface area contributed by atoms with E-state index >= 15 is 0 Å². The number of hydrogen-bond acceptors (Lipinski definition) is 4. The number of aryl methyl sites for hydroxylation is 2. The fourth-order valence-corrected chi connectivity index (χ4v) is 6.04. The summed E-state index contributed by atoms with van der Waals surface area (Å²) in [6.45, 7) is 6.97. The Morgan fingerprint density at radius 1 is 0.824 bits per heavy atom. The zero-order chi connectivity index (χ0) is 23.7. The molecule has 0 bridgehead atoms. The highest BCUT2D eigenvalue weighted by molar-refractivity contribution is 7.89. The first-order valence-corrected chi connectivity index (χ1v) is 13.1. The van der Waals surface area contributed by atoms with Gasteiger partial charge in [-0.1, -0.05) is 48.5 Å². The average molecular weight is 475 g/mol. The molecule has 0 N–H and O–H groups in total. The quantitative estimate of drug-likeness (QED) is 0.420. The zero-order valence-electron chi connectivity index (χ0n) is 19.7. The third-order valence-electron chi connectivity index (χ3n) is 6.73. The Hall–Kier alpha value is -3.00. The Morgan fingerprint density at radius 3 is 2.26 bits per heavy atom. The van der Waals surface area contributed by atoms with Gasteiger partial charge in [0.2, 0.25) is 10.0 Å². The molecule has 7 heteroatoms. The molecule has 5 rings (SSSR count). The summed E-state index contributed by atoms with van der Waals surface area (Å²) in [5.74, 6) is 1.03. The van der Waals surface area contributed by atoms with Crippen molar-refractivity contribution in [1.29, 1.82) is 0 Å². The van der Waals surface area contributed by atoms with Crippen molar-refractivity contribution in [3.8, 4) is 0 Å². The molecule has 1 aliphatic rings. The van der Waals surface area contributed by atoms with Crippen LogP contribution in [-0.2, 0) is 23.1 Å². The van der Waals surface area contributed by atoms with Crippen molar-refractivity contribution in [3.63, 3.8) is 0 Å². The van der Waals surface area contributed by atoms with Crippen molar-refractivity contribution in [2.24, 2.45) is 0 Å². The molecule has 1 saturated heterocycles. The first-order chi connectivity index (χ1) is 16.4. The van der Waals surface area contributed by atoms with Gasteiger partial charge in [0, 0.05) is 32.6 Å². The lowest BCUT2D eigenvalue weighted by molar-refractivity contribution is 0.153. The number of nitrogens with zero attached hydrogens (tertiary/aromatic N) is 4. The molecule has 1 fully saturated rings. The summed E-state index contributed by atoms with van der Waals surface area (Å²) in [5, 5.41) is 0. The van der Waals surface area contributed by atoms with Crippen LogP contribution < -0.4 is 0 Å². The molecule has 0 saturated carbocycles. The van der Waals surface area contributed by atoms with E-state index in [4.69, 9.17) is 4.98 Å². The van der Waals surface area contributed by atoms with E-state index in [0.29, 0.717) is 37.7 Å². The van der Waals surface area contributed by atoms with Crippen molar-refractivity contribution in [2.75, 3.05) is 26.2 Å². The minimum absolute atomic E-state index is 0.384. The molecule has 0 atom stereocenters. The first-order valence-electron chi connectivity index (χ1n) is 11.7. The van der Waals surface area contributed by atoms with Gasteiger partial charge in [-0.25, -0.2) is 13.4 Å². The van der Waals surface area contributed by atoms with Crippen molar-refractivity contribution < 1.29 is 8.42 Å². The van der Waals surface area contributed by atoms with E-state index < -0.39 is 10.0 Å². The standard InChI is InChI=1S/C27H30N4O2S/c1-21-12-13-24(18-22(21)2)34(32,33)30-16-14-29(15-17-30)20-31-26-11-7-6-10-25(26)28-27(31)19-23-8-4-3-5-9-23/h3-13,18H,14-17,19-20H2,1-2H3. The van der Waals surface area contributed by atoms with E-state index in [1.807, 2.05) is 38.1 Å². The second kappa shape index (κ2) is 9.33. The van der Waals surface area contributed by atoms with Crippen LogP contribution in [0.5, 0.6) is 0 Å². The van der Waals surface area contributed by atoms with Crippen molar-refractivity contribution in [1.82, 2.24) is 18.8 Å². The highest BCUT2D eigenvalue weighted by Crippen LogP contribution is 2.23. The van der Waals surface area contributed by atoms with E-state index in [9.17, 15) is 8.42 Å². The number of benzene rings is 3. The Kier molecular flexibility index (Phi) is 6.25. The molecule has 1 aliphatic heterocycles.